The van der Waals surface area contributed by atoms with E-state index in [0.29, 0.717) is 52.3 Å². The van der Waals surface area contributed by atoms with Crippen molar-refractivity contribution in [3.63, 3.8) is 0 Å². The molecule has 17 heteroatoms. The number of phenolic OH excluding ortho intramolecular Hbond substituents is 2. The van der Waals surface area contributed by atoms with Crippen molar-refractivity contribution >= 4 is 17.5 Å². The lowest BCUT2D eigenvalue weighted by Crippen LogP contribution is -2.59. The molecule has 4 N–H and O–H groups in total. The van der Waals surface area contributed by atoms with Crippen molar-refractivity contribution in [2.75, 3.05) is 89.7 Å². The molecule has 0 saturated carbocycles. The average molecular weight is 941 g/mol. The van der Waals surface area contributed by atoms with Gasteiger partial charge in [0.15, 0.2) is 11.6 Å². The van der Waals surface area contributed by atoms with Crippen molar-refractivity contribution in [3.05, 3.63) is 85.3 Å². The van der Waals surface area contributed by atoms with E-state index in [4.69, 9.17) is 10.5 Å². The van der Waals surface area contributed by atoms with E-state index in [1.54, 1.807) is 29.1 Å². The van der Waals surface area contributed by atoms with E-state index in [-0.39, 0.29) is 22.6 Å². The summed E-state index contributed by atoms with van der Waals surface area (Å²) >= 11 is 0. The standard InChI is InChI=1S/C29H41N7O2.C23H31N7O/c1-21-26(10-11-33(4)29(21,2)3)34(5)28-9-8-25(31-32-28)24-7-6-22(18-27(24)37)23-19-30-36(20-23)13-12-35-14-16-38-17-15-35;1-15-19(10-12-28(4)23(15,2)3)29(5)22-9-8-18(25-26-22)17-7-6-16(14-20(17)31)30-13-11-21(24)27-30/h6-9,18-21,26,37H,10-17H2,1-5H3;6-9,11,13-15,19,31H,10,12H2,1-5H3,(H2,24,27). The second-order valence-electron chi connectivity index (χ2n) is 20.3. The van der Waals surface area contributed by atoms with E-state index >= 15 is 0 Å². The van der Waals surface area contributed by atoms with Crippen molar-refractivity contribution in [2.24, 2.45) is 11.8 Å². The number of ether oxygens (including phenoxy) is 1. The number of hydrogen-bond donors (Lipinski definition) is 3. The number of anilines is 3. The largest absolute Gasteiger partial charge is 0.507 e. The average Bonchev–Trinajstić information content (AvgIpc) is 4.02. The number of aromatic nitrogens is 8. The number of benzene rings is 2. The predicted octanol–water partition coefficient (Wildman–Crippen LogP) is 6.77. The van der Waals surface area contributed by atoms with E-state index in [2.05, 4.69) is 125 Å². The van der Waals surface area contributed by atoms with Crippen molar-refractivity contribution < 1.29 is 14.9 Å². The first-order valence-corrected chi connectivity index (χ1v) is 24.3. The molecule has 4 atom stereocenters. The number of phenols is 2. The lowest BCUT2D eigenvalue weighted by Gasteiger charge is -2.51. The number of nitrogen functional groups attached to an aromatic ring is 1. The highest BCUT2D eigenvalue weighted by atomic mass is 16.5. The third kappa shape index (κ3) is 10.6. The molecule has 3 aliphatic rings. The van der Waals surface area contributed by atoms with Crippen LogP contribution in [-0.2, 0) is 11.3 Å². The number of piperidine rings is 2. The maximum atomic E-state index is 10.9. The fourth-order valence-electron chi connectivity index (χ4n) is 10.1. The van der Waals surface area contributed by atoms with Gasteiger partial charge in [-0.3, -0.25) is 9.58 Å². The van der Waals surface area contributed by atoms with Crippen LogP contribution in [0.25, 0.3) is 39.3 Å². The van der Waals surface area contributed by atoms with Crippen LogP contribution in [0.3, 0.4) is 0 Å². The highest BCUT2D eigenvalue weighted by molar-refractivity contribution is 5.74. The Balaban J connectivity index is 0.000000190. The normalized spacial score (nSPS) is 21.9. The zero-order valence-corrected chi connectivity index (χ0v) is 42.2. The number of rotatable bonds is 11. The number of aromatic hydroxyl groups is 2. The highest BCUT2D eigenvalue weighted by Gasteiger charge is 2.42. The van der Waals surface area contributed by atoms with Gasteiger partial charge in [-0.05, 0) is 121 Å². The molecule has 3 saturated heterocycles. The maximum absolute atomic E-state index is 10.9. The third-order valence-electron chi connectivity index (χ3n) is 16.0. The number of nitrogens with two attached hydrogens (primary N) is 1. The minimum atomic E-state index is 0.118. The smallest absolute Gasteiger partial charge is 0.151 e. The molecule has 4 unspecified atom stereocenters. The lowest BCUT2D eigenvalue weighted by atomic mass is 9.77. The van der Waals surface area contributed by atoms with Crippen LogP contribution in [0.1, 0.15) is 54.4 Å². The van der Waals surface area contributed by atoms with Crippen LogP contribution in [0.4, 0.5) is 17.5 Å². The van der Waals surface area contributed by atoms with Gasteiger partial charge >= 0.3 is 0 Å². The summed E-state index contributed by atoms with van der Waals surface area (Å²) in [5, 5.41) is 48.0. The Morgan fingerprint density at radius 2 is 1.23 bits per heavy atom. The zero-order chi connectivity index (χ0) is 49.2. The quantitative estimate of drug-likeness (QED) is 0.124. The van der Waals surface area contributed by atoms with Gasteiger partial charge in [0.2, 0.25) is 0 Å². The van der Waals surface area contributed by atoms with Gasteiger partial charge in [-0.1, -0.05) is 19.9 Å². The summed E-state index contributed by atoms with van der Waals surface area (Å²) in [5.74, 6) is 3.38. The van der Waals surface area contributed by atoms with Gasteiger partial charge in [0.05, 0.1) is 43.0 Å². The second-order valence-corrected chi connectivity index (χ2v) is 20.3. The summed E-state index contributed by atoms with van der Waals surface area (Å²) in [6.45, 7) is 21.3. The van der Waals surface area contributed by atoms with E-state index < -0.39 is 0 Å². The van der Waals surface area contributed by atoms with Crippen LogP contribution in [0.15, 0.2) is 85.3 Å². The molecule has 0 spiro atoms. The van der Waals surface area contributed by atoms with Crippen LogP contribution < -0.4 is 15.5 Å². The Bertz CT molecular complexity index is 2640. The number of nitrogens with zero attached hydrogens (tertiary/aromatic N) is 13. The lowest BCUT2D eigenvalue weighted by molar-refractivity contribution is 0.0360. The van der Waals surface area contributed by atoms with E-state index in [0.717, 1.165) is 93.8 Å². The van der Waals surface area contributed by atoms with Crippen LogP contribution in [0.2, 0.25) is 0 Å². The van der Waals surface area contributed by atoms with Gasteiger partial charge in [-0.15, -0.1) is 20.4 Å². The monoisotopic (exact) mass is 941 g/mol. The maximum Gasteiger partial charge on any atom is 0.151 e. The fourth-order valence-corrected chi connectivity index (χ4v) is 10.1. The molecular formula is C52H72N14O3. The molecule has 7 heterocycles. The van der Waals surface area contributed by atoms with Gasteiger partial charge < -0.3 is 40.3 Å². The summed E-state index contributed by atoms with van der Waals surface area (Å²) in [5.41, 5.74) is 11.1. The molecule has 9 rings (SSSR count). The first kappa shape index (κ1) is 49.3. The molecule has 0 radical (unpaired) electrons. The minimum Gasteiger partial charge on any atom is -0.507 e. The van der Waals surface area contributed by atoms with Crippen LogP contribution in [0.5, 0.6) is 11.5 Å². The summed E-state index contributed by atoms with van der Waals surface area (Å²) in [4.78, 5) is 11.8. The predicted molar refractivity (Wildman–Crippen MR) is 274 cm³/mol. The number of morpholine rings is 1. The van der Waals surface area contributed by atoms with Crippen molar-refractivity contribution in [1.82, 2.24) is 54.7 Å². The number of hydrogen-bond acceptors (Lipinski definition) is 15. The van der Waals surface area contributed by atoms with Crippen LogP contribution in [-0.4, -0.2) is 162 Å². The Labute approximate surface area is 407 Å². The van der Waals surface area contributed by atoms with E-state index in [9.17, 15) is 10.2 Å². The van der Waals surface area contributed by atoms with Gasteiger partial charge in [0.1, 0.15) is 17.3 Å². The third-order valence-corrected chi connectivity index (χ3v) is 16.0. The molecule has 0 bridgehead atoms. The Kier molecular flexibility index (Phi) is 14.6. The molecule has 6 aromatic rings. The van der Waals surface area contributed by atoms with E-state index in [1.165, 1.54) is 0 Å². The fraction of sp³-hybridized carbons (Fsp3) is 0.500. The Morgan fingerprint density at radius 1 is 0.681 bits per heavy atom. The topological polar surface area (TPSA) is 179 Å². The second kappa shape index (κ2) is 20.4. The number of likely N-dealkylation sites (tertiary alicyclic amines) is 2. The zero-order valence-electron chi connectivity index (χ0n) is 42.2. The van der Waals surface area contributed by atoms with Crippen LogP contribution >= 0.6 is 0 Å². The molecule has 3 fully saturated rings. The Morgan fingerprint density at radius 3 is 1.72 bits per heavy atom. The first-order chi connectivity index (χ1) is 32.9. The summed E-state index contributed by atoms with van der Waals surface area (Å²) in [6, 6.07) is 21.3. The van der Waals surface area contributed by atoms with Crippen molar-refractivity contribution in [2.45, 2.75) is 84.1 Å². The molecule has 0 amide bonds. The van der Waals surface area contributed by atoms with Gasteiger partial charge in [-0.2, -0.15) is 10.2 Å². The molecule has 3 aliphatic heterocycles. The molecule has 2 aromatic carbocycles. The minimum absolute atomic E-state index is 0.118. The first-order valence-electron chi connectivity index (χ1n) is 24.3. The van der Waals surface area contributed by atoms with E-state index in [1.807, 2.05) is 65.6 Å². The molecule has 368 valence electrons. The summed E-state index contributed by atoms with van der Waals surface area (Å²) in [7, 11) is 8.60. The summed E-state index contributed by atoms with van der Waals surface area (Å²) < 4.78 is 9.00. The molecule has 4 aromatic heterocycles. The van der Waals surface area contributed by atoms with Gasteiger partial charge in [0, 0.05) is 111 Å². The molecule has 17 nitrogen and oxygen atoms in total. The molecule has 69 heavy (non-hydrogen) atoms. The highest BCUT2D eigenvalue weighted by Crippen LogP contribution is 2.38. The van der Waals surface area contributed by atoms with Crippen LogP contribution in [0, 0.1) is 11.8 Å². The molecular weight excluding hydrogens is 869 g/mol. The van der Waals surface area contributed by atoms with Gasteiger partial charge in [-0.25, -0.2) is 4.68 Å². The SMILES string of the molecule is CC1C(N(C)c2ccc(-c3ccc(-c4cnn(CCN5CCOCC5)c4)cc3O)nn2)CCN(C)C1(C)C.CC1C(N(C)c2ccc(-c3ccc(-n4ccc(N)n4)cc3O)nn2)CCN(C)C1(C)C. The summed E-state index contributed by atoms with van der Waals surface area (Å²) in [6.07, 6.45) is 7.81. The Hall–Kier alpha value is -6.14. The molecule has 0 aliphatic carbocycles. The van der Waals surface area contributed by atoms with Crippen molar-refractivity contribution in [3.8, 4) is 50.8 Å². The van der Waals surface area contributed by atoms with Gasteiger partial charge in [0.25, 0.3) is 0 Å². The van der Waals surface area contributed by atoms with Crippen molar-refractivity contribution in [1.29, 1.82) is 0 Å².